The third kappa shape index (κ3) is 5.73. The average molecular weight is 463 g/mol. The monoisotopic (exact) mass is 462 g/mol. The van der Waals surface area contributed by atoms with E-state index in [9.17, 15) is 14.0 Å². The van der Waals surface area contributed by atoms with Gasteiger partial charge in [-0.2, -0.15) is 0 Å². The van der Waals surface area contributed by atoms with Crippen molar-refractivity contribution < 1.29 is 23.5 Å². The molecule has 0 bridgehead atoms. The fraction of sp³-hybridized carbons (Fsp3) is 0.259. The fourth-order valence-electron chi connectivity index (χ4n) is 3.92. The lowest BCUT2D eigenvalue weighted by Gasteiger charge is -2.22. The summed E-state index contributed by atoms with van der Waals surface area (Å²) in [5.74, 6) is 0.799. The summed E-state index contributed by atoms with van der Waals surface area (Å²) in [6.45, 7) is 2.67. The van der Waals surface area contributed by atoms with Crippen LogP contribution in [0.1, 0.15) is 23.6 Å². The molecular weight excluding hydrogens is 435 g/mol. The second-order valence-corrected chi connectivity index (χ2v) is 8.29. The highest BCUT2D eigenvalue weighted by molar-refractivity contribution is 5.92. The molecule has 1 aliphatic heterocycles. The van der Waals surface area contributed by atoms with Crippen molar-refractivity contribution in [2.75, 3.05) is 19.0 Å². The summed E-state index contributed by atoms with van der Waals surface area (Å²) >= 11 is 0. The van der Waals surface area contributed by atoms with Crippen molar-refractivity contribution in [2.45, 2.75) is 32.4 Å². The SMILES string of the molecule is COc1ccc(CCN2Cc3cc(NC(=O)Cc4ccc(F)cc4)ccc3O[C@@H](C)C2=O)cc1. The molecule has 0 aliphatic carbocycles. The van der Waals surface area contributed by atoms with Crippen LogP contribution in [0, 0.1) is 5.82 Å². The zero-order valence-corrected chi connectivity index (χ0v) is 19.2. The molecule has 0 fully saturated rings. The zero-order valence-electron chi connectivity index (χ0n) is 19.2. The highest BCUT2D eigenvalue weighted by atomic mass is 19.1. The molecule has 0 aromatic heterocycles. The Morgan fingerprint density at radius 2 is 1.79 bits per heavy atom. The van der Waals surface area contributed by atoms with Gasteiger partial charge in [0.1, 0.15) is 17.3 Å². The first-order valence-corrected chi connectivity index (χ1v) is 11.2. The van der Waals surface area contributed by atoms with Crippen LogP contribution in [0.25, 0.3) is 0 Å². The third-order valence-electron chi connectivity index (χ3n) is 5.78. The van der Waals surface area contributed by atoms with Gasteiger partial charge in [-0.3, -0.25) is 9.59 Å². The second kappa shape index (κ2) is 10.4. The average Bonchev–Trinajstić information content (AvgIpc) is 2.95. The van der Waals surface area contributed by atoms with Gasteiger partial charge >= 0.3 is 0 Å². The predicted molar refractivity (Wildman–Crippen MR) is 127 cm³/mol. The number of benzene rings is 3. The summed E-state index contributed by atoms with van der Waals surface area (Å²) in [4.78, 5) is 27.2. The molecule has 3 aromatic rings. The van der Waals surface area contributed by atoms with Gasteiger partial charge in [0.2, 0.25) is 5.91 Å². The first-order chi connectivity index (χ1) is 16.4. The van der Waals surface area contributed by atoms with Crippen LogP contribution in [-0.2, 0) is 29.0 Å². The van der Waals surface area contributed by atoms with E-state index >= 15 is 0 Å². The van der Waals surface area contributed by atoms with E-state index in [1.165, 1.54) is 12.1 Å². The minimum Gasteiger partial charge on any atom is -0.497 e. The van der Waals surface area contributed by atoms with Crippen molar-refractivity contribution in [3.8, 4) is 11.5 Å². The summed E-state index contributed by atoms with van der Waals surface area (Å²) in [5.41, 5.74) is 3.27. The molecule has 0 saturated heterocycles. The summed E-state index contributed by atoms with van der Waals surface area (Å²) < 4.78 is 24.2. The Kier molecular flexibility index (Phi) is 7.11. The van der Waals surface area contributed by atoms with Gasteiger partial charge in [-0.1, -0.05) is 24.3 Å². The molecule has 1 aliphatic rings. The maximum absolute atomic E-state index is 13.1. The van der Waals surface area contributed by atoms with Crippen LogP contribution in [0.2, 0.25) is 0 Å². The molecule has 1 N–H and O–H groups in total. The number of carbonyl (C=O) groups is 2. The Bertz CT molecular complexity index is 1160. The Labute approximate surface area is 198 Å². The number of fused-ring (bicyclic) bond motifs is 1. The number of anilines is 1. The highest BCUT2D eigenvalue weighted by Gasteiger charge is 2.27. The standard InChI is InChI=1S/C27H27FN2O4/c1-18-27(32)30(14-13-19-5-10-24(33-2)11-6-19)17-21-16-23(9-12-25(21)34-18)29-26(31)15-20-3-7-22(28)8-4-20/h3-12,16,18H,13-15,17H2,1-2H3,(H,29,31)/t18-/m0/s1. The summed E-state index contributed by atoms with van der Waals surface area (Å²) in [7, 11) is 1.63. The molecule has 34 heavy (non-hydrogen) atoms. The van der Waals surface area contributed by atoms with Gasteiger partial charge in [-0.25, -0.2) is 4.39 Å². The molecule has 0 spiro atoms. The van der Waals surface area contributed by atoms with Crippen LogP contribution in [-0.4, -0.2) is 36.5 Å². The lowest BCUT2D eigenvalue weighted by Crippen LogP contribution is -2.39. The minimum absolute atomic E-state index is 0.0772. The van der Waals surface area contributed by atoms with Crippen LogP contribution < -0.4 is 14.8 Å². The fourth-order valence-corrected chi connectivity index (χ4v) is 3.92. The maximum atomic E-state index is 13.1. The van der Waals surface area contributed by atoms with E-state index in [0.29, 0.717) is 30.9 Å². The number of halogens is 1. The number of nitrogens with one attached hydrogen (secondary N) is 1. The smallest absolute Gasteiger partial charge is 0.263 e. The lowest BCUT2D eigenvalue weighted by molar-refractivity contribution is -0.137. The molecule has 176 valence electrons. The van der Waals surface area contributed by atoms with Gasteiger partial charge < -0.3 is 19.7 Å². The van der Waals surface area contributed by atoms with Crippen LogP contribution in [0.15, 0.2) is 66.7 Å². The van der Waals surface area contributed by atoms with Crippen molar-refractivity contribution in [1.82, 2.24) is 4.90 Å². The van der Waals surface area contributed by atoms with E-state index in [0.717, 1.165) is 22.4 Å². The summed E-state index contributed by atoms with van der Waals surface area (Å²) in [6.07, 6.45) is 0.236. The van der Waals surface area contributed by atoms with Crippen LogP contribution >= 0.6 is 0 Å². The van der Waals surface area contributed by atoms with Gasteiger partial charge in [-0.15, -0.1) is 0 Å². The number of amides is 2. The van der Waals surface area contributed by atoms with E-state index in [1.807, 2.05) is 30.3 Å². The largest absolute Gasteiger partial charge is 0.497 e. The molecule has 0 radical (unpaired) electrons. The number of hydrogen-bond acceptors (Lipinski definition) is 4. The van der Waals surface area contributed by atoms with Crippen LogP contribution in [0.5, 0.6) is 11.5 Å². The summed E-state index contributed by atoms with van der Waals surface area (Å²) in [5, 5.41) is 2.88. The number of nitrogens with zero attached hydrogens (tertiary/aromatic N) is 1. The molecule has 1 atom stereocenters. The van der Waals surface area contributed by atoms with Gasteiger partial charge in [0.25, 0.3) is 5.91 Å². The quantitative estimate of drug-likeness (QED) is 0.566. The maximum Gasteiger partial charge on any atom is 0.263 e. The van der Waals surface area contributed by atoms with Crippen molar-refractivity contribution >= 4 is 17.5 Å². The first kappa shape index (κ1) is 23.3. The predicted octanol–water partition coefficient (Wildman–Crippen LogP) is 4.37. The van der Waals surface area contributed by atoms with Crippen LogP contribution in [0.3, 0.4) is 0 Å². The lowest BCUT2D eigenvalue weighted by atomic mass is 10.1. The van der Waals surface area contributed by atoms with E-state index in [4.69, 9.17) is 9.47 Å². The topological polar surface area (TPSA) is 67.9 Å². The van der Waals surface area contributed by atoms with E-state index < -0.39 is 6.10 Å². The number of hydrogen-bond donors (Lipinski definition) is 1. The molecule has 3 aromatic carbocycles. The molecule has 2 amide bonds. The number of rotatable bonds is 7. The molecular formula is C27H27FN2O4. The Balaban J connectivity index is 1.44. The molecule has 0 saturated carbocycles. The van der Waals surface area contributed by atoms with E-state index in [2.05, 4.69) is 5.32 Å². The molecule has 0 unspecified atom stereocenters. The van der Waals surface area contributed by atoms with Gasteiger partial charge in [-0.05, 0) is 66.9 Å². The number of carbonyl (C=O) groups excluding carboxylic acids is 2. The van der Waals surface area contributed by atoms with Gasteiger partial charge in [0.15, 0.2) is 6.10 Å². The molecule has 1 heterocycles. The van der Waals surface area contributed by atoms with Gasteiger partial charge in [0, 0.05) is 24.3 Å². The number of ether oxygens (including phenoxy) is 2. The van der Waals surface area contributed by atoms with E-state index in [-0.39, 0.29) is 24.1 Å². The second-order valence-electron chi connectivity index (χ2n) is 8.29. The zero-order chi connectivity index (χ0) is 24.1. The Hall–Kier alpha value is -3.87. The van der Waals surface area contributed by atoms with Crippen LogP contribution in [0.4, 0.5) is 10.1 Å². The molecule has 6 nitrogen and oxygen atoms in total. The third-order valence-corrected chi connectivity index (χ3v) is 5.78. The minimum atomic E-state index is -0.601. The van der Waals surface area contributed by atoms with Crippen molar-refractivity contribution in [3.05, 3.63) is 89.2 Å². The molecule has 7 heteroatoms. The Morgan fingerprint density at radius 1 is 1.09 bits per heavy atom. The van der Waals surface area contributed by atoms with Crippen molar-refractivity contribution in [3.63, 3.8) is 0 Å². The number of methoxy groups -OCH3 is 1. The van der Waals surface area contributed by atoms with Crippen molar-refractivity contribution in [2.24, 2.45) is 0 Å². The molecule has 4 rings (SSSR count). The summed E-state index contributed by atoms with van der Waals surface area (Å²) in [6, 6.07) is 19.0. The van der Waals surface area contributed by atoms with E-state index in [1.54, 1.807) is 43.2 Å². The highest BCUT2D eigenvalue weighted by Crippen LogP contribution is 2.29. The van der Waals surface area contributed by atoms with Gasteiger partial charge in [0.05, 0.1) is 13.5 Å². The normalized spacial score (nSPS) is 15.2. The van der Waals surface area contributed by atoms with Crippen molar-refractivity contribution in [1.29, 1.82) is 0 Å². The Morgan fingerprint density at radius 3 is 2.50 bits per heavy atom. The first-order valence-electron chi connectivity index (χ1n) is 11.2.